The van der Waals surface area contributed by atoms with Crippen LogP contribution in [-0.4, -0.2) is 36.0 Å². The molecule has 0 aliphatic heterocycles. The Bertz CT molecular complexity index is 434. The monoisotopic (exact) mass is 238 g/mol. The van der Waals surface area contributed by atoms with Crippen LogP contribution in [0.3, 0.4) is 0 Å². The molecule has 0 aliphatic rings. The standard InChI is InChI=1S/C10H14N4O3/c1-7-9(10(15)12-4-3-11-2)5-8(6-13-7)14(16)17/h5-6,11H,3-4H2,1-2H3,(H,12,15). The van der Waals surface area contributed by atoms with Gasteiger partial charge in [0.25, 0.3) is 11.6 Å². The molecule has 0 aromatic carbocycles. The SMILES string of the molecule is CNCCNC(=O)c1cc([N+](=O)[O-])cnc1C. The van der Waals surface area contributed by atoms with Crippen LogP contribution in [0.1, 0.15) is 16.1 Å². The van der Waals surface area contributed by atoms with Crippen LogP contribution in [0.2, 0.25) is 0 Å². The largest absolute Gasteiger partial charge is 0.351 e. The summed E-state index contributed by atoms with van der Waals surface area (Å²) in [6, 6.07) is 1.23. The molecule has 7 heteroatoms. The van der Waals surface area contributed by atoms with Crippen LogP contribution >= 0.6 is 0 Å². The van der Waals surface area contributed by atoms with Crippen molar-refractivity contribution in [2.45, 2.75) is 6.92 Å². The number of carbonyl (C=O) groups is 1. The molecule has 0 spiro atoms. The number of aromatic nitrogens is 1. The Balaban J connectivity index is 2.84. The van der Waals surface area contributed by atoms with Gasteiger partial charge in [0.15, 0.2) is 0 Å². The minimum absolute atomic E-state index is 0.186. The second kappa shape index (κ2) is 5.90. The second-order valence-corrected chi connectivity index (χ2v) is 3.44. The Labute approximate surface area is 98.4 Å². The van der Waals surface area contributed by atoms with Gasteiger partial charge in [0.2, 0.25) is 0 Å². The predicted octanol–water partition coefficient (Wildman–Crippen LogP) is 0.247. The highest BCUT2D eigenvalue weighted by Gasteiger charge is 2.15. The molecule has 0 atom stereocenters. The Morgan fingerprint density at radius 3 is 2.82 bits per heavy atom. The molecule has 0 saturated carbocycles. The number of rotatable bonds is 5. The maximum absolute atomic E-state index is 11.7. The van der Waals surface area contributed by atoms with Crippen LogP contribution < -0.4 is 10.6 Å². The van der Waals surface area contributed by atoms with E-state index in [9.17, 15) is 14.9 Å². The molecule has 1 aromatic heterocycles. The van der Waals surface area contributed by atoms with E-state index >= 15 is 0 Å². The minimum atomic E-state index is -0.573. The zero-order valence-electron chi connectivity index (χ0n) is 9.69. The molecule has 0 radical (unpaired) electrons. The van der Waals surface area contributed by atoms with Crippen LogP contribution in [0.4, 0.5) is 5.69 Å². The number of hydrogen-bond acceptors (Lipinski definition) is 5. The number of nitrogens with zero attached hydrogens (tertiary/aromatic N) is 2. The van der Waals surface area contributed by atoms with E-state index in [1.54, 1.807) is 14.0 Å². The van der Waals surface area contributed by atoms with E-state index < -0.39 is 4.92 Å². The third-order valence-electron chi connectivity index (χ3n) is 2.19. The van der Waals surface area contributed by atoms with Crippen molar-refractivity contribution in [3.8, 4) is 0 Å². The molecule has 2 N–H and O–H groups in total. The zero-order chi connectivity index (χ0) is 12.8. The van der Waals surface area contributed by atoms with E-state index in [0.717, 1.165) is 6.20 Å². The summed E-state index contributed by atoms with van der Waals surface area (Å²) in [5.41, 5.74) is 0.516. The Morgan fingerprint density at radius 2 is 2.24 bits per heavy atom. The normalized spacial score (nSPS) is 10.0. The van der Waals surface area contributed by atoms with Crippen molar-refractivity contribution in [2.24, 2.45) is 0 Å². The van der Waals surface area contributed by atoms with Crippen molar-refractivity contribution < 1.29 is 9.72 Å². The van der Waals surface area contributed by atoms with Gasteiger partial charge in [-0.2, -0.15) is 0 Å². The van der Waals surface area contributed by atoms with Gasteiger partial charge in [-0.15, -0.1) is 0 Å². The van der Waals surface area contributed by atoms with Crippen LogP contribution in [0, 0.1) is 17.0 Å². The smallest absolute Gasteiger partial charge is 0.288 e. The van der Waals surface area contributed by atoms with Crippen molar-refractivity contribution in [1.29, 1.82) is 0 Å². The van der Waals surface area contributed by atoms with Gasteiger partial charge in [-0.3, -0.25) is 19.9 Å². The third kappa shape index (κ3) is 3.49. The van der Waals surface area contributed by atoms with Gasteiger partial charge in [-0.05, 0) is 14.0 Å². The van der Waals surface area contributed by atoms with Crippen molar-refractivity contribution >= 4 is 11.6 Å². The lowest BCUT2D eigenvalue weighted by Gasteiger charge is -2.06. The lowest BCUT2D eigenvalue weighted by atomic mass is 10.2. The number of carbonyl (C=O) groups excluding carboxylic acids is 1. The van der Waals surface area contributed by atoms with Gasteiger partial charge in [-0.25, -0.2) is 0 Å². The summed E-state index contributed by atoms with van der Waals surface area (Å²) in [5.74, 6) is -0.353. The fourth-order valence-corrected chi connectivity index (χ4v) is 1.25. The first-order valence-electron chi connectivity index (χ1n) is 5.10. The van der Waals surface area contributed by atoms with Gasteiger partial charge in [0.1, 0.15) is 6.20 Å². The quantitative estimate of drug-likeness (QED) is 0.435. The Hall–Kier alpha value is -2.02. The van der Waals surface area contributed by atoms with Crippen molar-refractivity contribution in [3.05, 3.63) is 33.6 Å². The summed E-state index contributed by atoms with van der Waals surface area (Å²) in [7, 11) is 1.77. The van der Waals surface area contributed by atoms with E-state index in [4.69, 9.17) is 0 Å². The molecule has 7 nitrogen and oxygen atoms in total. The molecule has 0 fully saturated rings. The first-order chi connectivity index (χ1) is 8.06. The molecule has 0 saturated heterocycles. The van der Waals surface area contributed by atoms with Gasteiger partial charge < -0.3 is 10.6 Å². The first-order valence-corrected chi connectivity index (χ1v) is 5.10. The third-order valence-corrected chi connectivity index (χ3v) is 2.19. The maximum atomic E-state index is 11.7. The predicted molar refractivity (Wildman–Crippen MR) is 61.9 cm³/mol. The molecule has 1 heterocycles. The average Bonchev–Trinajstić information content (AvgIpc) is 2.29. The fourth-order valence-electron chi connectivity index (χ4n) is 1.25. The van der Waals surface area contributed by atoms with Crippen molar-refractivity contribution in [2.75, 3.05) is 20.1 Å². The summed E-state index contributed by atoms with van der Waals surface area (Å²) in [6.07, 6.45) is 1.14. The van der Waals surface area contributed by atoms with Crippen LogP contribution in [0.15, 0.2) is 12.3 Å². The topological polar surface area (TPSA) is 97.2 Å². The van der Waals surface area contributed by atoms with E-state index in [1.165, 1.54) is 6.07 Å². The molecule has 1 aromatic rings. The van der Waals surface area contributed by atoms with Crippen molar-refractivity contribution in [1.82, 2.24) is 15.6 Å². The van der Waals surface area contributed by atoms with Gasteiger partial charge in [-0.1, -0.05) is 0 Å². The maximum Gasteiger partial charge on any atom is 0.288 e. The first kappa shape index (κ1) is 13.0. The second-order valence-electron chi connectivity index (χ2n) is 3.44. The van der Waals surface area contributed by atoms with E-state index in [2.05, 4.69) is 15.6 Å². The summed E-state index contributed by atoms with van der Waals surface area (Å²) < 4.78 is 0. The van der Waals surface area contributed by atoms with Crippen molar-refractivity contribution in [3.63, 3.8) is 0 Å². The minimum Gasteiger partial charge on any atom is -0.351 e. The van der Waals surface area contributed by atoms with E-state index in [0.29, 0.717) is 18.8 Å². The molecule has 17 heavy (non-hydrogen) atoms. The van der Waals surface area contributed by atoms with Crippen LogP contribution in [0.5, 0.6) is 0 Å². The lowest BCUT2D eigenvalue weighted by molar-refractivity contribution is -0.385. The highest BCUT2D eigenvalue weighted by molar-refractivity contribution is 5.95. The van der Waals surface area contributed by atoms with Gasteiger partial charge in [0, 0.05) is 19.2 Å². The average molecular weight is 238 g/mol. The van der Waals surface area contributed by atoms with E-state index in [1.807, 2.05) is 0 Å². The number of likely N-dealkylation sites (N-methyl/N-ethyl adjacent to an activating group) is 1. The Kier molecular flexibility index (Phi) is 4.53. The molecule has 0 bridgehead atoms. The zero-order valence-corrected chi connectivity index (χ0v) is 9.69. The molecule has 1 amide bonds. The molecule has 0 aliphatic carbocycles. The number of pyridine rings is 1. The summed E-state index contributed by atoms with van der Waals surface area (Å²) in [4.78, 5) is 25.5. The Morgan fingerprint density at radius 1 is 1.53 bits per heavy atom. The highest BCUT2D eigenvalue weighted by Crippen LogP contribution is 2.14. The number of aryl methyl sites for hydroxylation is 1. The number of hydrogen-bond donors (Lipinski definition) is 2. The lowest BCUT2D eigenvalue weighted by Crippen LogP contribution is -2.31. The summed E-state index contributed by atoms with van der Waals surface area (Å²) in [5, 5.41) is 16.1. The number of nitro groups is 1. The number of amides is 1. The molecule has 0 unspecified atom stereocenters. The molecular weight excluding hydrogens is 224 g/mol. The van der Waals surface area contributed by atoms with E-state index in [-0.39, 0.29) is 17.2 Å². The van der Waals surface area contributed by atoms with Gasteiger partial charge in [0.05, 0.1) is 16.2 Å². The van der Waals surface area contributed by atoms with Crippen LogP contribution in [-0.2, 0) is 0 Å². The molecule has 92 valence electrons. The molecule has 1 rings (SSSR count). The van der Waals surface area contributed by atoms with Crippen LogP contribution in [0.25, 0.3) is 0 Å². The summed E-state index contributed by atoms with van der Waals surface area (Å²) >= 11 is 0. The highest BCUT2D eigenvalue weighted by atomic mass is 16.6. The summed E-state index contributed by atoms with van der Waals surface area (Å²) in [6.45, 7) is 2.72. The fraction of sp³-hybridized carbons (Fsp3) is 0.400. The number of nitrogens with one attached hydrogen (secondary N) is 2. The van der Waals surface area contributed by atoms with Gasteiger partial charge >= 0.3 is 0 Å². The molecular formula is C10H14N4O3.